The highest BCUT2D eigenvalue weighted by Gasteiger charge is 2.26. The summed E-state index contributed by atoms with van der Waals surface area (Å²) in [4.78, 5) is 25.0. The Hall–Kier alpha value is -1.78. The fourth-order valence-electron chi connectivity index (χ4n) is 2.18. The van der Waals surface area contributed by atoms with Crippen molar-refractivity contribution in [2.75, 3.05) is 13.1 Å². The van der Waals surface area contributed by atoms with Gasteiger partial charge in [-0.2, -0.15) is 0 Å². The van der Waals surface area contributed by atoms with E-state index in [1.54, 1.807) is 11.8 Å². The minimum atomic E-state index is -0.951. The van der Waals surface area contributed by atoms with E-state index in [-0.39, 0.29) is 24.0 Å². The summed E-state index contributed by atoms with van der Waals surface area (Å²) in [7, 11) is 0. The SMILES string of the molecule is CC1CN(C(=O)Cc2ccc(F)c(F)c2)CCC1=O. The molecule has 1 aromatic carbocycles. The number of carbonyl (C=O) groups is 2. The van der Waals surface area contributed by atoms with Crippen LogP contribution < -0.4 is 0 Å². The molecule has 1 fully saturated rings. The summed E-state index contributed by atoms with van der Waals surface area (Å²) in [6, 6.07) is 3.45. The van der Waals surface area contributed by atoms with Gasteiger partial charge in [-0.1, -0.05) is 13.0 Å². The average molecular weight is 267 g/mol. The summed E-state index contributed by atoms with van der Waals surface area (Å²) < 4.78 is 25.8. The maximum Gasteiger partial charge on any atom is 0.227 e. The topological polar surface area (TPSA) is 37.4 Å². The lowest BCUT2D eigenvalue weighted by Crippen LogP contribution is -2.43. The van der Waals surface area contributed by atoms with E-state index in [2.05, 4.69) is 0 Å². The summed E-state index contributed by atoms with van der Waals surface area (Å²) in [5, 5.41) is 0. The molecule has 1 unspecified atom stereocenters. The van der Waals surface area contributed by atoms with E-state index in [9.17, 15) is 18.4 Å². The summed E-state index contributed by atoms with van der Waals surface area (Å²) in [5.74, 6) is -2.02. The molecule has 5 heteroatoms. The highest BCUT2D eigenvalue weighted by molar-refractivity contribution is 5.85. The standard InChI is InChI=1S/C14H15F2NO2/c1-9-8-17(5-4-13(9)18)14(19)7-10-2-3-11(15)12(16)6-10/h2-3,6,9H,4-5,7-8H2,1H3. The first kappa shape index (κ1) is 13.6. The van der Waals surface area contributed by atoms with Crippen LogP contribution in [0.1, 0.15) is 18.9 Å². The molecule has 0 aliphatic carbocycles. The Labute approximate surface area is 110 Å². The van der Waals surface area contributed by atoms with Crippen LogP contribution in [0.3, 0.4) is 0 Å². The number of hydrogen-bond donors (Lipinski definition) is 0. The van der Waals surface area contributed by atoms with E-state index >= 15 is 0 Å². The molecule has 0 saturated carbocycles. The number of rotatable bonds is 2. The smallest absolute Gasteiger partial charge is 0.227 e. The van der Waals surface area contributed by atoms with E-state index in [1.165, 1.54) is 6.07 Å². The van der Waals surface area contributed by atoms with Crippen LogP contribution >= 0.6 is 0 Å². The first-order valence-electron chi connectivity index (χ1n) is 6.22. The number of carbonyl (C=O) groups excluding carboxylic acids is 2. The van der Waals surface area contributed by atoms with Gasteiger partial charge in [-0.15, -0.1) is 0 Å². The van der Waals surface area contributed by atoms with Crippen molar-refractivity contribution in [1.29, 1.82) is 0 Å². The second-order valence-corrected chi connectivity index (χ2v) is 4.88. The van der Waals surface area contributed by atoms with Gasteiger partial charge in [-0.25, -0.2) is 8.78 Å². The Kier molecular flexibility index (Phi) is 3.93. The largest absolute Gasteiger partial charge is 0.341 e. The van der Waals surface area contributed by atoms with E-state index in [4.69, 9.17) is 0 Å². The van der Waals surface area contributed by atoms with Crippen molar-refractivity contribution in [3.8, 4) is 0 Å². The molecule has 1 aliphatic heterocycles. The maximum absolute atomic E-state index is 13.0. The van der Waals surface area contributed by atoms with Gasteiger partial charge in [0.25, 0.3) is 0 Å². The van der Waals surface area contributed by atoms with Crippen molar-refractivity contribution >= 4 is 11.7 Å². The molecule has 0 bridgehead atoms. The third-order valence-corrected chi connectivity index (χ3v) is 3.36. The van der Waals surface area contributed by atoms with Crippen LogP contribution in [-0.4, -0.2) is 29.7 Å². The molecule has 1 saturated heterocycles. The number of benzene rings is 1. The van der Waals surface area contributed by atoms with Crippen molar-refractivity contribution in [3.63, 3.8) is 0 Å². The zero-order chi connectivity index (χ0) is 14.0. The number of nitrogens with zero attached hydrogens (tertiary/aromatic N) is 1. The van der Waals surface area contributed by atoms with Gasteiger partial charge in [0.05, 0.1) is 6.42 Å². The van der Waals surface area contributed by atoms with Gasteiger partial charge in [0, 0.05) is 25.4 Å². The maximum atomic E-state index is 13.0. The molecule has 3 nitrogen and oxygen atoms in total. The fourth-order valence-corrected chi connectivity index (χ4v) is 2.18. The van der Waals surface area contributed by atoms with Crippen LogP contribution in [-0.2, 0) is 16.0 Å². The molecule has 2 rings (SSSR count). The molecular formula is C14H15F2NO2. The van der Waals surface area contributed by atoms with Crippen molar-refractivity contribution in [2.45, 2.75) is 19.8 Å². The van der Waals surface area contributed by atoms with E-state index in [0.717, 1.165) is 12.1 Å². The van der Waals surface area contributed by atoms with Gasteiger partial charge in [-0.3, -0.25) is 9.59 Å². The van der Waals surface area contributed by atoms with Crippen molar-refractivity contribution in [1.82, 2.24) is 4.90 Å². The third-order valence-electron chi connectivity index (χ3n) is 3.36. The average Bonchev–Trinajstić information content (AvgIpc) is 2.37. The van der Waals surface area contributed by atoms with Gasteiger partial charge >= 0.3 is 0 Å². The summed E-state index contributed by atoms with van der Waals surface area (Å²) in [6.07, 6.45) is 0.392. The molecule has 0 aromatic heterocycles. The molecule has 1 atom stereocenters. The molecule has 1 aliphatic rings. The molecular weight excluding hydrogens is 252 g/mol. The number of amides is 1. The van der Waals surface area contributed by atoms with Gasteiger partial charge in [0.1, 0.15) is 5.78 Å². The molecule has 1 heterocycles. The number of hydrogen-bond acceptors (Lipinski definition) is 2. The normalized spacial score (nSPS) is 19.6. The second-order valence-electron chi connectivity index (χ2n) is 4.88. The Morgan fingerprint density at radius 3 is 2.74 bits per heavy atom. The molecule has 19 heavy (non-hydrogen) atoms. The molecule has 1 amide bonds. The number of ketones is 1. The molecule has 0 spiro atoms. The monoisotopic (exact) mass is 267 g/mol. The molecule has 0 N–H and O–H groups in total. The molecule has 0 radical (unpaired) electrons. The predicted molar refractivity (Wildman–Crippen MR) is 65.4 cm³/mol. The first-order chi connectivity index (χ1) is 8.97. The van der Waals surface area contributed by atoms with Gasteiger partial charge in [0.15, 0.2) is 11.6 Å². The summed E-state index contributed by atoms with van der Waals surface area (Å²) >= 11 is 0. The minimum absolute atomic E-state index is 0.0259. The Bertz CT molecular complexity index is 516. The quantitative estimate of drug-likeness (QED) is 0.821. The summed E-state index contributed by atoms with van der Waals surface area (Å²) in [6.45, 7) is 2.60. The number of Topliss-reactive ketones (excluding diaryl/α,β-unsaturated/α-hetero) is 1. The van der Waals surface area contributed by atoms with Crippen molar-refractivity contribution in [3.05, 3.63) is 35.4 Å². The van der Waals surface area contributed by atoms with E-state index in [1.807, 2.05) is 0 Å². The van der Waals surface area contributed by atoms with Crippen LogP contribution in [0.15, 0.2) is 18.2 Å². The number of halogens is 2. The Morgan fingerprint density at radius 2 is 2.11 bits per heavy atom. The zero-order valence-corrected chi connectivity index (χ0v) is 10.7. The van der Waals surface area contributed by atoms with E-state index < -0.39 is 11.6 Å². The van der Waals surface area contributed by atoms with Crippen molar-refractivity contribution in [2.24, 2.45) is 5.92 Å². The van der Waals surface area contributed by atoms with Gasteiger partial charge in [0.2, 0.25) is 5.91 Å². The molecule has 102 valence electrons. The Balaban J connectivity index is 2.01. The number of piperidine rings is 1. The lowest BCUT2D eigenvalue weighted by molar-refractivity contribution is -0.136. The van der Waals surface area contributed by atoms with Crippen LogP contribution in [0.5, 0.6) is 0 Å². The highest BCUT2D eigenvalue weighted by Crippen LogP contribution is 2.15. The zero-order valence-electron chi connectivity index (χ0n) is 10.7. The predicted octanol–water partition coefficient (Wildman–Crippen LogP) is 1.94. The van der Waals surface area contributed by atoms with Gasteiger partial charge in [-0.05, 0) is 17.7 Å². The van der Waals surface area contributed by atoms with E-state index in [0.29, 0.717) is 25.1 Å². The first-order valence-corrected chi connectivity index (χ1v) is 6.22. The Morgan fingerprint density at radius 1 is 1.37 bits per heavy atom. The second kappa shape index (κ2) is 5.47. The van der Waals surface area contributed by atoms with Crippen LogP contribution in [0, 0.1) is 17.6 Å². The number of likely N-dealkylation sites (tertiary alicyclic amines) is 1. The highest BCUT2D eigenvalue weighted by atomic mass is 19.2. The third kappa shape index (κ3) is 3.16. The fraction of sp³-hybridized carbons (Fsp3) is 0.429. The summed E-state index contributed by atoms with van der Waals surface area (Å²) in [5.41, 5.74) is 0.438. The van der Waals surface area contributed by atoms with Crippen LogP contribution in [0.25, 0.3) is 0 Å². The van der Waals surface area contributed by atoms with Crippen LogP contribution in [0.2, 0.25) is 0 Å². The lowest BCUT2D eigenvalue weighted by atomic mass is 9.98. The van der Waals surface area contributed by atoms with Gasteiger partial charge < -0.3 is 4.90 Å². The minimum Gasteiger partial charge on any atom is -0.341 e. The lowest BCUT2D eigenvalue weighted by Gasteiger charge is -2.30. The van der Waals surface area contributed by atoms with Crippen molar-refractivity contribution < 1.29 is 18.4 Å². The molecule has 1 aromatic rings. The van der Waals surface area contributed by atoms with Crippen LogP contribution in [0.4, 0.5) is 8.78 Å².